The Morgan fingerprint density at radius 3 is 2.83 bits per heavy atom. The van der Waals surface area contributed by atoms with E-state index in [-0.39, 0.29) is 35.3 Å². The number of hydrogen-bond donors (Lipinski definition) is 2. The molecule has 1 aliphatic rings. The monoisotopic (exact) mass is 455 g/mol. The number of benzene rings is 1. The maximum Gasteiger partial charge on any atom is 0.387 e. The van der Waals surface area contributed by atoms with Crippen LogP contribution in [0.2, 0.25) is 0 Å². The summed E-state index contributed by atoms with van der Waals surface area (Å²) in [5, 5.41) is 6.38. The molecule has 1 aromatic rings. The van der Waals surface area contributed by atoms with E-state index in [1.165, 1.54) is 6.07 Å². The summed E-state index contributed by atoms with van der Waals surface area (Å²) < 4.78 is 34.6. The number of alkyl halides is 2. The highest BCUT2D eigenvalue weighted by atomic mass is 127. The van der Waals surface area contributed by atoms with Gasteiger partial charge in [0.2, 0.25) is 0 Å². The fourth-order valence-corrected chi connectivity index (χ4v) is 2.48. The Hall–Kier alpha value is -1.16. The van der Waals surface area contributed by atoms with Gasteiger partial charge in [0.05, 0.1) is 5.60 Å². The molecule has 1 atom stereocenters. The lowest BCUT2D eigenvalue weighted by Crippen LogP contribution is -2.45. The number of aliphatic imine (C=N–C) groups is 1. The predicted molar refractivity (Wildman–Crippen MR) is 100 cm³/mol. The largest absolute Gasteiger partial charge is 0.435 e. The van der Waals surface area contributed by atoms with E-state index >= 15 is 0 Å². The van der Waals surface area contributed by atoms with Crippen LogP contribution in [0.1, 0.15) is 25.3 Å². The van der Waals surface area contributed by atoms with Gasteiger partial charge in [-0.1, -0.05) is 12.1 Å². The maximum absolute atomic E-state index is 12.2. The van der Waals surface area contributed by atoms with E-state index in [1.54, 1.807) is 19.2 Å². The first-order valence-corrected chi connectivity index (χ1v) is 7.63. The van der Waals surface area contributed by atoms with Crippen LogP contribution in [0.5, 0.6) is 5.75 Å². The fourth-order valence-electron chi connectivity index (χ4n) is 2.48. The van der Waals surface area contributed by atoms with E-state index in [0.29, 0.717) is 19.0 Å². The van der Waals surface area contributed by atoms with Crippen molar-refractivity contribution < 1.29 is 18.3 Å². The molecule has 1 unspecified atom stereocenters. The summed E-state index contributed by atoms with van der Waals surface area (Å²) >= 11 is 0. The standard InChI is InChI=1S/C16H23F2N3O2.HI/c1-16(7-4-8-22-16)11-21-15(19-2)20-10-12-5-3-6-13(9-12)23-14(17)18;/h3,5-6,9,14H,4,7-8,10-11H2,1-2H3,(H2,19,20,21);1H. The van der Waals surface area contributed by atoms with Crippen LogP contribution in [0.25, 0.3) is 0 Å². The molecule has 0 bridgehead atoms. The zero-order valence-corrected chi connectivity index (χ0v) is 16.2. The fraction of sp³-hybridized carbons (Fsp3) is 0.562. The lowest BCUT2D eigenvalue weighted by molar-refractivity contribution is -0.0498. The third-order valence-corrected chi connectivity index (χ3v) is 3.74. The van der Waals surface area contributed by atoms with Crippen LogP contribution in [-0.2, 0) is 11.3 Å². The molecule has 0 saturated carbocycles. The van der Waals surface area contributed by atoms with Gasteiger partial charge in [0.15, 0.2) is 5.96 Å². The minimum atomic E-state index is -2.82. The van der Waals surface area contributed by atoms with Gasteiger partial charge < -0.3 is 20.1 Å². The molecule has 1 aromatic carbocycles. The average molecular weight is 455 g/mol. The molecule has 1 saturated heterocycles. The number of guanidine groups is 1. The molecular weight excluding hydrogens is 431 g/mol. The first-order valence-electron chi connectivity index (χ1n) is 7.63. The van der Waals surface area contributed by atoms with E-state index in [4.69, 9.17) is 4.74 Å². The second-order valence-electron chi connectivity index (χ2n) is 5.71. The maximum atomic E-state index is 12.2. The predicted octanol–water partition coefficient (Wildman–Crippen LogP) is 3.14. The van der Waals surface area contributed by atoms with E-state index in [0.717, 1.165) is 25.0 Å². The Labute approximate surface area is 158 Å². The van der Waals surface area contributed by atoms with E-state index in [9.17, 15) is 8.78 Å². The van der Waals surface area contributed by atoms with Gasteiger partial charge in [-0.15, -0.1) is 24.0 Å². The van der Waals surface area contributed by atoms with Gasteiger partial charge in [-0.3, -0.25) is 4.99 Å². The Bertz CT molecular complexity index is 538. The highest BCUT2D eigenvalue weighted by Gasteiger charge is 2.29. The zero-order valence-electron chi connectivity index (χ0n) is 13.9. The van der Waals surface area contributed by atoms with Crippen LogP contribution in [0.15, 0.2) is 29.3 Å². The van der Waals surface area contributed by atoms with Gasteiger partial charge in [0.1, 0.15) is 5.75 Å². The molecular formula is C16H24F2IN3O2. The molecule has 2 rings (SSSR count). The Morgan fingerprint density at radius 2 is 2.21 bits per heavy atom. The van der Waals surface area contributed by atoms with Crippen LogP contribution in [0.3, 0.4) is 0 Å². The number of nitrogens with one attached hydrogen (secondary N) is 2. The van der Waals surface area contributed by atoms with Crippen molar-refractivity contribution in [3.63, 3.8) is 0 Å². The summed E-state index contributed by atoms with van der Waals surface area (Å²) in [7, 11) is 1.68. The van der Waals surface area contributed by atoms with Gasteiger partial charge in [-0.25, -0.2) is 0 Å². The van der Waals surface area contributed by atoms with Gasteiger partial charge in [-0.05, 0) is 37.5 Å². The van der Waals surface area contributed by atoms with Crippen molar-refractivity contribution >= 4 is 29.9 Å². The number of nitrogens with zero attached hydrogens (tertiary/aromatic N) is 1. The molecule has 0 radical (unpaired) electrons. The molecule has 24 heavy (non-hydrogen) atoms. The zero-order chi connectivity index (χ0) is 16.7. The lowest BCUT2D eigenvalue weighted by Gasteiger charge is -2.24. The van der Waals surface area contributed by atoms with Crippen LogP contribution < -0.4 is 15.4 Å². The van der Waals surface area contributed by atoms with E-state index in [2.05, 4.69) is 27.3 Å². The first kappa shape index (κ1) is 20.9. The first-order chi connectivity index (χ1) is 11.0. The third-order valence-electron chi connectivity index (χ3n) is 3.74. The molecule has 0 spiro atoms. The smallest absolute Gasteiger partial charge is 0.387 e. The second-order valence-corrected chi connectivity index (χ2v) is 5.71. The Balaban J connectivity index is 0.00000288. The normalized spacial score (nSPS) is 20.6. The lowest BCUT2D eigenvalue weighted by atomic mass is 10.0. The number of rotatable bonds is 6. The SMILES string of the molecule is CN=C(NCc1cccc(OC(F)F)c1)NCC1(C)CCCO1.I. The molecule has 1 heterocycles. The molecule has 2 N–H and O–H groups in total. The highest BCUT2D eigenvalue weighted by Crippen LogP contribution is 2.23. The van der Waals surface area contributed by atoms with E-state index < -0.39 is 6.61 Å². The summed E-state index contributed by atoms with van der Waals surface area (Å²) in [5.41, 5.74) is 0.664. The van der Waals surface area contributed by atoms with Gasteiger partial charge >= 0.3 is 6.61 Å². The van der Waals surface area contributed by atoms with Gasteiger partial charge in [0, 0.05) is 26.7 Å². The van der Waals surface area contributed by atoms with Crippen molar-refractivity contribution in [1.29, 1.82) is 0 Å². The number of hydrogen-bond acceptors (Lipinski definition) is 3. The molecule has 8 heteroatoms. The van der Waals surface area contributed by atoms with Crippen LogP contribution in [0.4, 0.5) is 8.78 Å². The molecule has 0 aliphatic carbocycles. The van der Waals surface area contributed by atoms with Crippen molar-refractivity contribution in [2.45, 2.75) is 38.5 Å². The Kier molecular flexibility index (Phi) is 8.68. The molecule has 136 valence electrons. The molecule has 1 aliphatic heterocycles. The van der Waals surface area contributed by atoms with Gasteiger partial charge in [-0.2, -0.15) is 8.78 Å². The molecule has 0 amide bonds. The van der Waals surface area contributed by atoms with Crippen LogP contribution in [0, 0.1) is 0 Å². The van der Waals surface area contributed by atoms with Crippen molar-refractivity contribution in [3.8, 4) is 5.75 Å². The minimum absolute atomic E-state index is 0. The summed E-state index contributed by atoms with van der Waals surface area (Å²) in [6.07, 6.45) is 2.09. The van der Waals surface area contributed by atoms with Crippen molar-refractivity contribution in [1.82, 2.24) is 10.6 Å². The summed E-state index contributed by atoms with van der Waals surface area (Å²) in [6, 6.07) is 6.59. The third kappa shape index (κ3) is 6.76. The van der Waals surface area contributed by atoms with Crippen LogP contribution >= 0.6 is 24.0 Å². The van der Waals surface area contributed by atoms with Gasteiger partial charge in [0.25, 0.3) is 0 Å². The number of halogens is 3. The summed E-state index contributed by atoms with van der Waals surface area (Å²) in [5.74, 6) is 0.788. The van der Waals surface area contributed by atoms with Crippen LogP contribution in [-0.4, -0.2) is 38.4 Å². The number of ether oxygens (including phenoxy) is 2. The molecule has 0 aromatic heterocycles. The quantitative estimate of drug-likeness (QED) is 0.393. The Morgan fingerprint density at radius 1 is 1.42 bits per heavy atom. The van der Waals surface area contributed by atoms with E-state index in [1.807, 2.05) is 6.07 Å². The minimum Gasteiger partial charge on any atom is -0.435 e. The summed E-state index contributed by atoms with van der Waals surface area (Å²) in [6.45, 7) is 1.17. The molecule has 5 nitrogen and oxygen atoms in total. The molecule has 1 fully saturated rings. The summed E-state index contributed by atoms with van der Waals surface area (Å²) in [4.78, 5) is 4.15. The van der Waals surface area contributed by atoms with Crippen molar-refractivity contribution in [3.05, 3.63) is 29.8 Å². The van der Waals surface area contributed by atoms with Crippen molar-refractivity contribution in [2.75, 3.05) is 20.2 Å². The highest BCUT2D eigenvalue weighted by molar-refractivity contribution is 14.0. The van der Waals surface area contributed by atoms with Crippen molar-refractivity contribution in [2.24, 2.45) is 4.99 Å². The topological polar surface area (TPSA) is 54.9 Å². The second kappa shape index (κ2) is 9.97. The average Bonchev–Trinajstić information content (AvgIpc) is 2.94.